The molecule has 2 aromatic rings. The molecule has 0 aliphatic carbocycles. The molecular formula is C13H14FN5O. The van der Waals surface area contributed by atoms with E-state index in [4.69, 9.17) is 5.73 Å². The van der Waals surface area contributed by atoms with Crippen LogP contribution in [0.4, 0.5) is 10.1 Å². The van der Waals surface area contributed by atoms with E-state index >= 15 is 0 Å². The molecule has 7 heteroatoms. The number of anilines is 1. The van der Waals surface area contributed by atoms with Gasteiger partial charge in [0.15, 0.2) is 5.69 Å². The van der Waals surface area contributed by atoms with Crippen LogP contribution in [0.5, 0.6) is 0 Å². The highest BCUT2D eigenvalue weighted by atomic mass is 19.1. The molecule has 0 saturated carbocycles. The van der Waals surface area contributed by atoms with Gasteiger partial charge in [0.1, 0.15) is 11.5 Å². The summed E-state index contributed by atoms with van der Waals surface area (Å²) in [6.45, 7) is 1.74. The van der Waals surface area contributed by atoms with Gasteiger partial charge in [-0.25, -0.2) is 4.39 Å². The maximum absolute atomic E-state index is 14.2. The quantitative estimate of drug-likeness (QED) is 0.884. The number of benzene rings is 1. The number of carbonyl (C=O) groups excluding carboxylic acids is 1. The summed E-state index contributed by atoms with van der Waals surface area (Å²) in [5.74, 6) is -1.03. The lowest BCUT2D eigenvalue weighted by atomic mass is 10.1. The van der Waals surface area contributed by atoms with Crippen LogP contribution < -0.4 is 10.6 Å². The summed E-state index contributed by atoms with van der Waals surface area (Å²) < 4.78 is 14.2. The number of H-pyrrole nitrogens is 1. The largest absolute Gasteiger partial charge is 0.369 e. The number of aromatic amines is 1. The molecule has 1 aromatic carbocycles. The topological polar surface area (TPSA) is 87.9 Å². The van der Waals surface area contributed by atoms with Crippen LogP contribution in [-0.2, 0) is 0 Å². The van der Waals surface area contributed by atoms with Gasteiger partial charge in [0.2, 0.25) is 0 Å². The number of primary amides is 1. The van der Waals surface area contributed by atoms with Crippen molar-refractivity contribution in [2.45, 2.75) is 12.8 Å². The van der Waals surface area contributed by atoms with Crippen molar-refractivity contribution in [3.05, 3.63) is 29.7 Å². The summed E-state index contributed by atoms with van der Waals surface area (Å²) in [4.78, 5) is 13.2. The molecule has 2 heterocycles. The lowest BCUT2D eigenvalue weighted by Gasteiger charge is -2.18. The first-order valence-corrected chi connectivity index (χ1v) is 6.42. The Labute approximate surface area is 114 Å². The Morgan fingerprint density at radius 3 is 2.70 bits per heavy atom. The highest BCUT2D eigenvalue weighted by Crippen LogP contribution is 2.28. The van der Waals surface area contributed by atoms with Crippen LogP contribution in [0.25, 0.3) is 11.3 Å². The maximum atomic E-state index is 14.2. The number of nitrogens with one attached hydrogen (secondary N) is 1. The van der Waals surface area contributed by atoms with Gasteiger partial charge in [0.25, 0.3) is 5.91 Å². The second-order valence-electron chi connectivity index (χ2n) is 4.75. The van der Waals surface area contributed by atoms with Gasteiger partial charge < -0.3 is 10.6 Å². The first kappa shape index (κ1) is 12.6. The highest BCUT2D eigenvalue weighted by molar-refractivity contribution is 5.96. The van der Waals surface area contributed by atoms with Gasteiger partial charge in [0, 0.05) is 18.7 Å². The molecule has 0 unspecified atom stereocenters. The number of halogens is 1. The molecule has 1 saturated heterocycles. The molecule has 1 aromatic heterocycles. The first-order valence-electron chi connectivity index (χ1n) is 6.42. The molecule has 3 rings (SSSR count). The third-order valence-corrected chi connectivity index (χ3v) is 3.45. The molecule has 0 spiro atoms. The zero-order valence-electron chi connectivity index (χ0n) is 10.8. The van der Waals surface area contributed by atoms with Crippen molar-refractivity contribution in [3.8, 4) is 11.3 Å². The van der Waals surface area contributed by atoms with Gasteiger partial charge in [-0.2, -0.15) is 15.4 Å². The van der Waals surface area contributed by atoms with Crippen LogP contribution in [0.1, 0.15) is 23.3 Å². The van der Waals surface area contributed by atoms with Crippen molar-refractivity contribution in [2.24, 2.45) is 5.73 Å². The molecule has 1 amide bonds. The third kappa shape index (κ3) is 2.11. The van der Waals surface area contributed by atoms with E-state index in [1.807, 2.05) is 4.90 Å². The Morgan fingerprint density at radius 1 is 1.30 bits per heavy atom. The number of hydrogen-bond donors (Lipinski definition) is 2. The minimum atomic E-state index is -0.697. The molecule has 6 nitrogen and oxygen atoms in total. The summed E-state index contributed by atoms with van der Waals surface area (Å²) in [7, 11) is 0. The number of aromatic nitrogens is 3. The van der Waals surface area contributed by atoms with E-state index in [1.54, 1.807) is 12.1 Å². The number of nitrogens with zero attached hydrogens (tertiary/aromatic N) is 3. The average molecular weight is 275 g/mol. The highest BCUT2D eigenvalue weighted by Gasteiger charge is 2.19. The van der Waals surface area contributed by atoms with Gasteiger partial charge in [-0.05, 0) is 25.0 Å². The van der Waals surface area contributed by atoms with Crippen molar-refractivity contribution in [3.63, 3.8) is 0 Å². The lowest BCUT2D eigenvalue weighted by molar-refractivity contribution is 0.0996. The molecule has 1 fully saturated rings. The molecule has 0 radical (unpaired) electrons. The smallest absolute Gasteiger partial charge is 0.271 e. The molecule has 0 atom stereocenters. The number of rotatable bonds is 3. The summed E-state index contributed by atoms with van der Waals surface area (Å²) in [5.41, 5.74) is 6.54. The Bertz CT molecular complexity index is 648. The Balaban J connectivity index is 1.97. The minimum Gasteiger partial charge on any atom is -0.369 e. The van der Waals surface area contributed by atoms with Crippen molar-refractivity contribution in [2.75, 3.05) is 18.0 Å². The maximum Gasteiger partial charge on any atom is 0.271 e. The van der Waals surface area contributed by atoms with Crippen LogP contribution in [0.3, 0.4) is 0 Å². The van der Waals surface area contributed by atoms with E-state index in [0.717, 1.165) is 25.9 Å². The fourth-order valence-corrected chi connectivity index (χ4v) is 2.47. The molecule has 20 heavy (non-hydrogen) atoms. The van der Waals surface area contributed by atoms with Crippen molar-refractivity contribution in [1.29, 1.82) is 0 Å². The summed E-state index contributed by atoms with van der Waals surface area (Å²) in [6.07, 6.45) is 2.16. The fourth-order valence-electron chi connectivity index (χ4n) is 2.47. The van der Waals surface area contributed by atoms with Crippen LogP contribution >= 0.6 is 0 Å². The Kier molecular flexibility index (Phi) is 3.09. The van der Waals surface area contributed by atoms with E-state index in [9.17, 15) is 9.18 Å². The monoisotopic (exact) mass is 275 g/mol. The summed E-state index contributed by atoms with van der Waals surface area (Å²) in [5, 5.41) is 9.87. The predicted molar refractivity (Wildman–Crippen MR) is 71.7 cm³/mol. The standard InChI is InChI=1S/C13H14FN5O/c14-9-7-8(11-12(13(15)20)17-18-16-11)3-4-10(9)19-5-1-2-6-19/h3-4,7H,1-2,5-6H2,(H2,15,20)(H,16,17,18). The van der Waals surface area contributed by atoms with Crippen LogP contribution in [0, 0.1) is 5.82 Å². The number of amides is 1. The van der Waals surface area contributed by atoms with Crippen molar-refractivity contribution >= 4 is 11.6 Å². The minimum absolute atomic E-state index is 0.0123. The van der Waals surface area contributed by atoms with Gasteiger partial charge in [-0.1, -0.05) is 6.07 Å². The van der Waals surface area contributed by atoms with Gasteiger partial charge in [-0.15, -0.1) is 0 Å². The third-order valence-electron chi connectivity index (χ3n) is 3.45. The van der Waals surface area contributed by atoms with Gasteiger partial charge in [-0.3, -0.25) is 4.79 Å². The summed E-state index contributed by atoms with van der Waals surface area (Å²) >= 11 is 0. The SMILES string of the molecule is NC(=O)c1n[nH]nc1-c1ccc(N2CCCC2)c(F)c1. The number of carbonyl (C=O) groups is 1. The average Bonchev–Trinajstić information content (AvgIpc) is 3.10. The Hall–Kier alpha value is -2.44. The predicted octanol–water partition coefficient (Wildman–Crippen LogP) is 1.31. The van der Waals surface area contributed by atoms with E-state index in [0.29, 0.717) is 11.3 Å². The zero-order valence-corrected chi connectivity index (χ0v) is 10.8. The van der Waals surface area contributed by atoms with E-state index in [1.165, 1.54) is 6.07 Å². The summed E-state index contributed by atoms with van der Waals surface area (Å²) in [6, 6.07) is 4.79. The van der Waals surface area contributed by atoms with E-state index in [2.05, 4.69) is 15.4 Å². The van der Waals surface area contributed by atoms with E-state index < -0.39 is 5.91 Å². The van der Waals surface area contributed by atoms with E-state index in [-0.39, 0.29) is 17.2 Å². The lowest BCUT2D eigenvalue weighted by Crippen LogP contribution is -2.19. The Morgan fingerprint density at radius 2 is 2.05 bits per heavy atom. The zero-order chi connectivity index (χ0) is 14.1. The normalized spacial score (nSPS) is 14.8. The first-order chi connectivity index (χ1) is 9.66. The second-order valence-corrected chi connectivity index (χ2v) is 4.75. The second kappa shape index (κ2) is 4.92. The van der Waals surface area contributed by atoms with Crippen molar-refractivity contribution in [1.82, 2.24) is 15.4 Å². The molecule has 1 aliphatic heterocycles. The van der Waals surface area contributed by atoms with Crippen molar-refractivity contribution < 1.29 is 9.18 Å². The number of nitrogens with two attached hydrogens (primary N) is 1. The fraction of sp³-hybridized carbons (Fsp3) is 0.308. The van der Waals surface area contributed by atoms with Crippen LogP contribution in [-0.4, -0.2) is 34.4 Å². The molecule has 3 N–H and O–H groups in total. The van der Waals surface area contributed by atoms with Crippen LogP contribution in [0.2, 0.25) is 0 Å². The molecule has 1 aliphatic rings. The number of hydrogen-bond acceptors (Lipinski definition) is 4. The molecule has 104 valence electrons. The van der Waals surface area contributed by atoms with Gasteiger partial charge in [0.05, 0.1) is 5.69 Å². The molecule has 0 bridgehead atoms. The van der Waals surface area contributed by atoms with Crippen LogP contribution in [0.15, 0.2) is 18.2 Å². The molecular weight excluding hydrogens is 261 g/mol. The van der Waals surface area contributed by atoms with Gasteiger partial charge >= 0.3 is 0 Å².